The van der Waals surface area contributed by atoms with Gasteiger partial charge in [0.05, 0.1) is 6.10 Å². The zero-order chi connectivity index (χ0) is 11.4. The topological polar surface area (TPSA) is 20.2 Å². The summed E-state index contributed by atoms with van der Waals surface area (Å²) < 4.78 is 0. The average molecular weight is 216 g/mol. The van der Waals surface area contributed by atoms with E-state index in [9.17, 15) is 5.11 Å². The molecule has 2 atom stereocenters. The normalized spacial score (nSPS) is 24.6. The highest BCUT2D eigenvalue weighted by atomic mass is 16.3. The third kappa shape index (κ3) is 2.35. The van der Waals surface area contributed by atoms with Crippen LogP contribution in [0.1, 0.15) is 42.9 Å². The van der Waals surface area contributed by atoms with E-state index in [1.165, 1.54) is 12.0 Å². The number of hydrogen-bond donors (Lipinski definition) is 1. The van der Waals surface area contributed by atoms with Crippen molar-refractivity contribution in [2.24, 2.45) is 5.92 Å². The number of aliphatic hydroxyl groups is 1. The molecular weight excluding hydrogens is 196 g/mol. The van der Waals surface area contributed by atoms with Crippen molar-refractivity contribution in [3.8, 4) is 0 Å². The summed E-state index contributed by atoms with van der Waals surface area (Å²) in [6, 6.07) is 8.31. The van der Waals surface area contributed by atoms with Gasteiger partial charge in [-0.2, -0.15) is 0 Å². The molecule has 1 aliphatic carbocycles. The van der Waals surface area contributed by atoms with E-state index in [-0.39, 0.29) is 6.10 Å². The summed E-state index contributed by atoms with van der Waals surface area (Å²) in [6.07, 6.45) is 7.16. The molecule has 1 aromatic carbocycles. The van der Waals surface area contributed by atoms with E-state index in [4.69, 9.17) is 0 Å². The predicted octanol–water partition coefficient (Wildman–Crippen LogP) is 3.64. The van der Waals surface area contributed by atoms with Gasteiger partial charge in [0.2, 0.25) is 0 Å². The molecule has 0 aromatic heterocycles. The summed E-state index contributed by atoms with van der Waals surface area (Å²) >= 11 is 0. The molecule has 1 nitrogen and oxygen atoms in total. The molecular formula is C15H20O. The Labute approximate surface area is 97.8 Å². The largest absolute Gasteiger partial charge is 0.388 e. The minimum Gasteiger partial charge on any atom is -0.388 e. The van der Waals surface area contributed by atoms with Crippen molar-refractivity contribution >= 4 is 0 Å². The molecule has 1 aromatic rings. The predicted molar refractivity (Wildman–Crippen MR) is 67.3 cm³/mol. The maximum atomic E-state index is 10.4. The van der Waals surface area contributed by atoms with Gasteiger partial charge < -0.3 is 5.11 Å². The van der Waals surface area contributed by atoms with Gasteiger partial charge in [0, 0.05) is 0 Å². The van der Waals surface area contributed by atoms with Gasteiger partial charge >= 0.3 is 0 Å². The van der Waals surface area contributed by atoms with Gasteiger partial charge in [-0.15, -0.1) is 6.58 Å². The molecule has 16 heavy (non-hydrogen) atoms. The minimum atomic E-state index is -0.279. The molecule has 1 heteroatoms. The van der Waals surface area contributed by atoms with Crippen molar-refractivity contribution in [1.82, 2.24) is 0 Å². The fourth-order valence-corrected chi connectivity index (χ4v) is 2.65. The average Bonchev–Trinajstić information content (AvgIpc) is 2.47. The fraction of sp³-hybridized carbons (Fsp3) is 0.467. The second kappa shape index (κ2) is 5.31. The van der Waals surface area contributed by atoms with Crippen molar-refractivity contribution in [1.29, 1.82) is 0 Å². The van der Waals surface area contributed by atoms with Gasteiger partial charge in [-0.3, -0.25) is 0 Å². The zero-order valence-corrected chi connectivity index (χ0v) is 9.73. The molecule has 0 spiro atoms. The van der Waals surface area contributed by atoms with E-state index in [1.54, 1.807) is 0 Å². The minimum absolute atomic E-state index is 0.279. The molecule has 1 N–H and O–H groups in total. The van der Waals surface area contributed by atoms with Crippen LogP contribution in [0.15, 0.2) is 36.9 Å². The smallest absolute Gasteiger partial charge is 0.0820 e. The van der Waals surface area contributed by atoms with Crippen LogP contribution in [-0.2, 0) is 6.42 Å². The first kappa shape index (κ1) is 11.4. The first-order chi connectivity index (χ1) is 7.83. The Morgan fingerprint density at radius 1 is 1.38 bits per heavy atom. The van der Waals surface area contributed by atoms with Crippen LogP contribution in [0.25, 0.3) is 0 Å². The van der Waals surface area contributed by atoms with Gasteiger partial charge in [-0.05, 0) is 49.1 Å². The molecule has 2 unspecified atom stereocenters. The molecule has 2 rings (SSSR count). The highest BCUT2D eigenvalue weighted by molar-refractivity contribution is 5.30. The Morgan fingerprint density at radius 2 is 2.19 bits per heavy atom. The maximum absolute atomic E-state index is 10.4. The van der Waals surface area contributed by atoms with E-state index in [0.29, 0.717) is 5.92 Å². The van der Waals surface area contributed by atoms with Gasteiger partial charge in [0.25, 0.3) is 0 Å². The number of aliphatic hydroxyl groups excluding tert-OH is 1. The number of fused-ring (bicyclic) bond motifs is 1. The summed E-state index contributed by atoms with van der Waals surface area (Å²) in [5.41, 5.74) is 2.48. The summed E-state index contributed by atoms with van der Waals surface area (Å²) in [4.78, 5) is 0. The maximum Gasteiger partial charge on any atom is 0.0820 e. The molecule has 0 fully saturated rings. The van der Waals surface area contributed by atoms with Crippen molar-refractivity contribution < 1.29 is 5.11 Å². The van der Waals surface area contributed by atoms with Crippen LogP contribution >= 0.6 is 0 Å². The van der Waals surface area contributed by atoms with Crippen LogP contribution in [0.4, 0.5) is 0 Å². The van der Waals surface area contributed by atoms with Crippen molar-refractivity contribution in [2.45, 2.75) is 38.2 Å². The van der Waals surface area contributed by atoms with E-state index in [1.807, 2.05) is 12.1 Å². The van der Waals surface area contributed by atoms with Crippen LogP contribution < -0.4 is 0 Å². The lowest BCUT2D eigenvalue weighted by Crippen LogP contribution is -2.11. The van der Waals surface area contributed by atoms with Crippen LogP contribution in [-0.4, -0.2) is 5.11 Å². The molecule has 0 radical (unpaired) electrons. The van der Waals surface area contributed by atoms with Crippen molar-refractivity contribution in [3.63, 3.8) is 0 Å². The van der Waals surface area contributed by atoms with Crippen LogP contribution in [0.5, 0.6) is 0 Å². The fourth-order valence-electron chi connectivity index (χ4n) is 2.65. The molecule has 86 valence electrons. The Balaban J connectivity index is 2.19. The van der Waals surface area contributed by atoms with E-state index >= 15 is 0 Å². The highest BCUT2D eigenvalue weighted by Gasteiger charge is 2.24. The number of allylic oxidation sites excluding steroid dienone is 1. The molecule has 0 amide bonds. The first-order valence-electron chi connectivity index (χ1n) is 6.19. The second-order valence-corrected chi connectivity index (χ2v) is 4.66. The number of hydrogen-bond acceptors (Lipinski definition) is 1. The quantitative estimate of drug-likeness (QED) is 0.604. The molecule has 0 saturated heterocycles. The third-order valence-corrected chi connectivity index (χ3v) is 3.58. The summed E-state index contributed by atoms with van der Waals surface area (Å²) in [5.74, 6) is 0.404. The number of benzene rings is 1. The molecule has 0 aliphatic heterocycles. The standard InChI is InChI=1S/C15H20O/c1-2-3-7-13-10-6-9-12-8-4-5-11-14(12)15(13)16/h2,4-5,8,11,13,15-16H,1,3,6-7,9-10H2. The second-order valence-electron chi connectivity index (χ2n) is 4.66. The van der Waals surface area contributed by atoms with Crippen LogP contribution in [0, 0.1) is 5.92 Å². The molecule has 0 bridgehead atoms. The first-order valence-corrected chi connectivity index (χ1v) is 6.19. The lowest BCUT2D eigenvalue weighted by molar-refractivity contribution is 0.100. The van der Waals surface area contributed by atoms with Crippen LogP contribution in [0.2, 0.25) is 0 Å². The van der Waals surface area contributed by atoms with Gasteiger partial charge in [-0.25, -0.2) is 0 Å². The Kier molecular flexibility index (Phi) is 3.79. The number of rotatable bonds is 3. The molecule has 0 saturated carbocycles. The summed E-state index contributed by atoms with van der Waals surface area (Å²) in [6.45, 7) is 3.76. The zero-order valence-electron chi connectivity index (χ0n) is 9.73. The van der Waals surface area contributed by atoms with Crippen molar-refractivity contribution in [2.75, 3.05) is 0 Å². The summed E-state index contributed by atoms with van der Waals surface area (Å²) in [7, 11) is 0. The van der Waals surface area contributed by atoms with Gasteiger partial charge in [0.1, 0.15) is 0 Å². The van der Waals surface area contributed by atoms with Crippen molar-refractivity contribution in [3.05, 3.63) is 48.0 Å². The van der Waals surface area contributed by atoms with E-state index < -0.39 is 0 Å². The Morgan fingerprint density at radius 3 is 3.00 bits per heavy atom. The van der Waals surface area contributed by atoms with Crippen LogP contribution in [0.3, 0.4) is 0 Å². The monoisotopic (exact) mass is 216 g/mol. The lowest BCUT2D eigenvalue weighted by atomic mass is 9.89. The lowest BCUT2D eigenvalue weighted by Gasteiger charge is -2.21. The third-order valence-electron chi connectivity index (χ3n) is 3.58. The van der Waals surface area contributed by atoms with Gasteiger partial charge in [-0.1, -0.05) is 30.3 Å². The van der Waals surface area contributed by atoms with E-state index in [0.717, 1.165) is 31.2 Å². The summed E-state index contributed by atoms with van der Waals surface area (Å²) in [5, 5.41) is 10.4. The molecule has 1 aliphatic rings. The molecule has 0 heterocycles. The Bertz CT molecular complexity index is 356. The number of aryl methyl sites for hydroxylation is 1. The SMILES string of the molecule is C=CCCC1CCCc2ccccc2C1O. The Hall–Kier alpha value is -1.08. The van der Waals surface area contributed by atoms with E-state index in [2.05, 4.69) is 24.8 Å². The highest BCUT2D eigenvalue weighted by Crippen LogP contribution is 2.35. The van der Waals surface area contributed by atoms with Gasteiger partial charge in [0.15, 0.2) is 0 Å².